The van der Waals surface area contributed by atoms with Gasteiger partial charge in [-0.2, -0.15) is 0 Å². The van der Waals surface area contributed by atoms with E-state index in [2.05, 4.69) is 5.32 Å². The average molecular weight is 343 g/mol. The molecule has 0 bridgehead atoms. The van der Waals surface area contributed by atoms with Crippen LogP contribution in [0.4, 0.5) is 0 Å². The number of carbonyl (C=O) groups is 2. The van der Waals surface area contributed by atoms with Crippen LogP contribution in [0.25, 0.3) is 0 Å². The molecule has 0 spiro atoms. The van der Waals surface area contributed by atoms with Crippen LogP contribution >= 0.6 is 11.8 Å². The number of rotatable bonds is 9. The Morgan fingerprint density at radius 1 is 1.04 bits per heavy atom. The molecule has 24 heavy (non-hydrogen) atoms. The van der Waals surface area contributed by atoms with Gasteiger partial charge in [-0.25, -0.2) is 0 Å². The quantitative estimate of drug-likeness (QED) is 0.430. The van der Waals surface area contributed by atoms with Gasteiger partial charge >= 0.3 is 0 Å². The normalized spacial score (nSPS) is 10.2. The molecule has 0 unspecified atom stereocenters. The molecule has 2 aromatic carbocycles. The van der Waals surface area contributed by atoms with E-state index >= 15 is 0 Å². The summed E-state index contributed by atoms with van der Waals surface area (Å²) < 4.78 is 5.42. The van der Waals surface area contributed by atoms with Crippen molar-refractivity contribution in [2.45, 2.75) is 18.2 Å². The van der Waals surface area contributed by atoms with Crippen LogP contribution in [0.1, 0.15) is 23.7 Å². The molecule has 0 heterocycles. The molecule has 126 valence electrons. The number of ether oxygens (including phenoxy) is 1. The summed E-state index contributed by atoms with van der Waals surface area (Å²) in [5, 5.41) is 2.82. The van der Waals surface area contributed by atoms with Crippen LogP contribution in [0.5, 0.6) is 5.75 Å². The number of Topliss-reactive ketones (excluding diaryl/α,β-unsaturated/α-hetero) is 1. The summed E-state index contributed by atoms with van der Waals surface area (Å²) in [4.78, 5) is 24.5. The second-order valence-electron chi connectivity index (χ2n) is 5.10. The van der Waals surface area contributed by atoms with Gasteiger partial charge in [-0.05, 0) is 36.4 Å². The Bertz CT molecular complexity index is 656. The van der Waals surface area contributed by atoms with E-state index < -0.39 is 0 Å². The zero-order chi connectivity index (χ0) is 17.2. The smallest absolute Gasteiger partial charge is 0.257 e. The molecular formula is C19H21NO3S. The minimum Gasteiger partial charge on any atom is -0.484 e. The monoisotopic (exact) mass is 343 g/mol. The van der Waals surface area contributed by atoms with Crippen molar-refractivity contribution >= 4 is 23.5 Å². The molecule has 0 radical (unpaired) electrons. The fourth-order valence-corrected chi connectivity index (χ4v) is 2.81. The highest BCUT2D eigenvalue weighted by atomic mass is 32.2. The number of hydrogen-bond donors (Lipinski definition) is 1. The lowest BCUT2D eigenvalue weighted by Gasteiger charge is -2.08. The predicted molar refractivity (Wildman–Crippen MR) is 96.7 cm³/mol. The second kappa shape index (κ2) is 9.78. The largest absolute Gasteiger partial charge is 0.484 e. The standard InChI is InChI=1S/C19H21NO3S/c1-2-18(21)15-8-10-16(11-9-15)23-14-19(22)20-12-13-24-17-6-4-3-5-7-17/h3-11H,2,12-14H2,1H3,(H,20,22). The highest BCUT2D eigenvalue weighted by molar-refractivity contribution is 7.99. The zero-order valence-corrected chi connectivity index (χ0v) is 14.5. The van der Waals surface area contributed by atoms with Crippen LogP contribution in [0, 0.1) is 0 Å². The molecule has 0 saturated heterocycles. The van der Waals surface area contributed by atoms with E-state index in [-0.39, 0.29) is 18.3 Å². The number of thioether (sulfide) groups is 1. The number of amides is 1. The first-order chi connectivity index (χ1) is 11.7. The van der Waals surface area contributed by atoms with E-state index in [1.807, 2.05) is 37.3 Å². The van der Waals surface area contributed by atoms with Crippen molar-refractivity contribution in [3.8, 4) is 5.75 Å². The first kappa shape index (κ1) is 18.1. The van der Waals surface area contributed by atoms with Gasteiger partial charge in [0.2, 0.25) is 0 Å². The molecule has 1 amide bonds. The maximum atomic E-state index is 11.7. The number of hydrogen-bond acceptors (Lipinski definition) is 4. The van der Waals surface area contributed by atoms with E-state index in [9.17, 15) is 9.59 Å². The van der Waals surface area contributed by atoms with Crippen LogP contribution in [-0.4, -0.2) is 30.6 Å². The molecular weight excluding hydrogens is 322 g/mol. The van der Waals surface area contributed by atoms with Crippen molar-refractivity contribution < 1.29 is 14.3 Å². The van der Waals surface area contributed by atoms with E-state index in [0.29, 0.717) is 24.3 Å². The lowest BCUT2D eigenvalue weighted by Crippen LogP contribution is -2.30. The molecule has 5 heteroatoms. The molecule has 0 aliphatic carbocycles. The van der Waals surface area contributed by atoms with Gasteiger partial charge in [-0.15, -0.1) is 11.8 Å². The third kappa shape index (κ3) is 6.08. The van der Waals surface area contributed by atoms with Crippen molar-refractivity contribution in [2.75, 3.05) is 18.9 Å². The number of ketones is 1. The molecule has 4 nitrogen and oxygen atoms in total. The first-order valence-corrected chi connectivity index (χ1v) is 8.88. The van der Waals surface area contributed by atoms with Gasteiger partial charge in [0.15, 0.2) is 12.4 Å². The van der Waals surface area contributed by atoms with Crippen LogP contribution in [-0.2, 0) is 4.79 Å². The Morgan fingerprint density at radius 3 is 2.42 bits per heavy atom. The highest BCUT2D eigenvalue weighted by Crippen LogP contribution is 2.16. The third-order valence-electron chi connectivity index (χ3n) is 3.30. The molecule has 0 aromatic heterocycles. The fourth-order valence-electron chi connectivity index (χ4n) is 2.02. The molecule has 0 saturated carbocycles. The van der Waals surface area contributed by atoms with E-state index in [1.54, 1.807) is 36.0 Å². The highest BCUT2D eigenvalue weighted by Gasteiger charge is 2.05. The predicted octanol–water partition coefficient (Wildman–Crippen LogP) is 3.57. The van der Waals surface area contributed by atoms with Crippen LogP contribution in [0.15, 0.2) is 59.5 Å². The van der Waals surface area contributed by atoms with E-state index in [4.69, 9.17) is 4.74 Å². The number of carbonyl (C=O) groups excluding carboxylic acids is 2. The summed E-state index contributed by atoms with van der Waals surface area (Å²) in [5.41, 5.74) is 0.659. The van der Waals surface area contributed by atoms with Gasteiger partial charge in [0.25, 0.3) is 5.91 Å². The van der Waals surface area contributed by atoms with Crippen LogP contribution < -0.4 is 10.1 Å². The molecule has 0 aliphatic heterocycles. The van der Waals surface area contributed by atoms with Gasteiger partial charge in [-0.3, -0.25) is 9.59 Å². The average Bonchev–Trinajstić information content (AvgIpc) is 2.64. The topological polar surface area (TPSA) is 55.4 Å². The van der Waals surface area contributed by atoms with Gasteiger partial charge in [0.05, 0.1) is 0 Å². The van der Waals surface area contributed by atoms with Crippen LogP contribution in [0.2, 0.25) is 0 Å². The Kier molecular flexibility index (Phi) is 7.36. The Hall–Kier alpha value is -2.27. The second-order valence-corrected chi connectivity index (χ2v) is 6.27. The molecule has 2 rings (SSSR count). The number of benzene rings is 2. The fraction of sp³-hybridized carbons (Fsp3) is 0.263. The SMILES string of the molecule is CCC(=O)c1ccc(OCC(=O)NCCSc2ccccc2)cc1. The summed E-state index contributed by atoms with van der Waals surface area (Å²) in [5.74, 6) is 1.33. The van der Waals surface area contributed by atoms with Crippen molar-refractivity contribution in [1.82, 2.24) is 5.32 Å². The Morgan fingerprint density at radius 2 is 1.75 bits per heavy atom. The minimum atomic E-state index is -0.155. The molecule has 0 aliphatic rings. The lowest BCUT2D eigenvalue weighted by atomic mass is 10.1. The van der Waals surface area contributed by atoms with Crippen molar-refractivity contribution in [1.29, 1.82) is 0 Å². The molecule has 2 aromatic rings. The molecule has 1 N–H and O–H groups in total. The molecule has 0 atom stereocenters. The van der Waals surface area contributed by atoms with E-state index in [1.165, 1.54) is 4.90 Å². The summed E-state index contributed by atoms with van der Waals surface area (Å²) in [6.45, 7) is 2.38. The van der Waals surface area contributed by atoms with Crippen molar-refractivity contribution in [3.05, 3.63) is 60.2 Å². The molecule has 0 fully saturated rings. The summed E-state index contributed by atoms with van der Waals surface area (Å²) in [6.07, 6.45) is 0.476. The van der Waals surface area contributed by atoms with Crippen LogP contribution in [0.3, 0.4) is 0 Å². The van der Waals surface area contributed by atoms with Gasteiger partial charge in [0, 0.05) is 29.2 Å². The Balaban J connectivity index is 1.65. The Labute approximate surface area is 146 Å². The first-order valence-electron chi connectivity index (χ1n) is 7.89. The maximum absolute atomic E-state index is 11.7. The van der Waals surface area contributed by atoms with Gasteiger partial charge in [-0.1, -0.05) is 25.1 Å². The zero-order valence-electron chi connectivity index (χ0n) is 13.7. The summed E-state index contributed by atoms with van der Waals surface area (Å²) >= 11 is 1.70. The van der Waals surface area contributed by atoms with Crippen molar-refractivity contribution in [2.24, 2.45) is 0 Å². The van der Waals surface area contributed by atoms with Crippen molar-refractivity contribution in [3.63, 3.8) is 0 Å². The maximum Gasteiger partial charge on any atom is 0.257 e. The summed E-state index contributed by atoms with van der Waals surface area (Å²) in [7, 11) is 0. The third-order valence-corrected chi connectivity index (χ3v) is 4.32. The van der Waals surface area contributed by atoms with Gasteiger partial charge < -0.3 is 10.1 Å². The number of nitrogens with one attached hydrogen (secondary N) is 1. The minimum absolute atomic E-state index is 0.0307. The van der Waals surface area contributed by atoms with E-state index in [0.717, 1.165) is 5.75 Å². The lowest BCUT2D eigenvalue weighted by molar-refractivity contribution is -0.122. The summed E-state index contributed by atoms with van der Waals surface area (Å²) in [6, 6.07) is 16.9. The van der Waals surface area contributed by atoms with Gasteiger partial charge in [0.1, 0.15) is 5.75 Å².